The molecule has 2 aromatic heterocycles. The molecule has 0 radical (unpaired) electrons. The summed E-state index contributed by atoms with van der Waals surface area (Å²) in [6.07, 6.45) is 2.82. The molecule has 3 heterocycles. The van der Waals surface area contributed by atoms with E-state index in [0.29, 0.717) is 24.5 Å². The minimum Gasteiger partial charge on any atom is -0.469 e. The first kappa shape index (κ1) is 21.1. The number of methoxy groups -OCH3 is 1. The topological polar surface area (TPSA) is 59.4 Å². The maximum Gasteiger partial charge on any atom is 0.305 e. The number of aryl methyl sites for hydroxylation is 1. The van der Waals surface area contributed by atoms with E-state index in [9.17, 15) is 4.79 Å². The third-order valence-electron chi connectivity index (χ3n) is 5.63. The van der Waals surface area contributed by atoms with Gasteiger partial charge in [-0.25, -0.2) is 0 Å². The van der Waals surface area contributed by atoms with Gasteiger partial charge in [-0.2, -0.15) is 0 Å². The van der Waals surface area contributed by atoms with Gasteiger partial charge in [-0.1, -0.05) is 24.3 Å². The van der Waals surface area contributed by atoms with Crippen LogP contribution in [-0.4, -0.2) is 39.2 Å². The Morgan fingerprint density at radius 1 is 1.13 bits per heavy atom. The highest BCUT2D eigenvalue weighted by Crippen LogP contribution is 2.40. The molecule has 1 aliphatic rings. The molecule has 31 heavy (non-hydrogen) atoms. The number of nitrogens with one attached hydrogen (secondary N) is 1. The van der Waals surface area contributed by atoms with Gasteiger partial charge in [-0.15, -0.1) is 0 Å². The number of hydrogen-bond acceptors (Lipinski definition) is 4. The van der Waals surface area contributed by atoms with Crippen molar-refractivity contribution in [3.63, 3.8) is 0 Å². The Labute approximate surface area is 187 Å². The van der Waals surface area contributed by atoms with Crippen LogP contribution >= 0.6 is 12.2 Å². The van der Waals surface area contributed by atoms with E-state index in [0.717, 1.165) is 22.8 Å². The molecule has 1 aliphatic heterocycles. The summed E-state index contributed by atoms with van der Waals surface area (Å²) in [4.78, 5) is 18.4. The van der Waals surface area contributed by atoms with Crippen LogP contribution in [0.1, 0.15) is 42.0 Å². The molecule has 1 aromatic carbocycles. The second kappa shape index (κ2) is 9.31. The summed E-state index contributed by atoms with van der Waals surface area (Å²) < 4.78 is 7.07. The molecule has 0 unspecified atom stereocenters. The number of pyridine rings is 1. The Morgan fingerprint density at radius 3 is 2.61 bits per heavy atom. The van der Waals surface area contributed by atoms with Crippen LogP contribution in [0.3, 0.4) is 0 Å². The lowest BCUT2D eigenvalue weighted by atomic mass is 10.0. The van der Waals surface area contributed by atoms with Crippen molar-refractivity contribution in [1.29, 1.82) is 0 Å². The number of carbonyl (C=O) groups excluding carboxylic acids is 1. The number of rotatable bonds is 7. The Bertz CT molecular complexity index is 1050. The Kier molecular flexibility index (Phi) is 6.32. The van der Waals surface area contributed by atoms with Gasteiger partial charge in [0.25, 0.3) is 0 Å². The van der Waals surface area contributed by atoms with E-state index in [1.165, 1.54) is 7.11 Å². The van der Waals surface area contributed by atoms with E-state index >= 15 is 0 Å². The quantitative estimate of drug-likeness (QED) is 0.446. The second-order valence-corrected chi connectivity index (χ2v) is 7.96. The minimum absolute atomic E-state index is 0.0612. The predicted molar refractivity (Wildman–Crippen MR) is 124 cm³/mol. The van der Waals surface area contributed by atoms with E-state index in [2.05, 4.69) is 51.0 Å². The molecule has 7 heteroatoms. The van der Waals surface area contributed by atoms with Gasteiger partial charge in [-0.3, -0.25) is 9.78 Å². The zero-order valence-corrected chi connectivity index (χ0v) is 18.5. The minimum atomic E-state index is -0.209. The first-order chi connectivity index (χ1) is 15.1. The van der Waals surface area contributed by atoms with Crippen molar-refractivity contribution >= 4 is 23.3 Å². The van der Waals surface area contributed by atoms with Crippen LogP contribution in [0, 0.1) is 6.92 Å². The zero-order valence-electron chi connectivity index (χ0n) is 17.7. The monoisotopic (exact) mass is 434 g/mol. The van der Waals surface area contributed by atoms with Crippen molar-refractivity contribution in [2.75, 3.05) is 13.7 Å². The third kappa shape index (κ3) is 4.32. The van der Waals surface area contributed by atoms with Crippen molar-refractivity contribution in [2.45, 2.75) is 31.8 Å². The molecule has 6 nitrogen and oxygen atoms in total. The van der Waals surface area contributed by atoms with Crippen molar-refractivity contribution in [1.82, 2.24) is 19.8 Å². The van der Waals surface area contributed by atoms with Crippen LogP contribution < -0.4 is 5.32 Å². The van der Waals surface area contributed by atoms with Gasteiger partial charge >= 0.3 is 5.97 Å². The Morgan fingerprint density at radius 2 is 1.90 bits per heavy atom. The van der Waals surface area contributed by atoms with E-state index in [-0.39, 0.29) is 18.1 Å². The fourth-order valence-corrected chi connectivity index (χ4v) is 4.51. The summed E-state index contributed by atoms with van der Waals surface area (Å²) >= 11 is 5.73. The lowest BCUT2D eigenvalue weighted by molar-refractivity contribution is -0.140. The lowest BCUT2D eigenvalue weighted by Gasteiger charge is -2.29. The Balaban J connectivity index is 1.74. The molecule has 0 spiro atoms. The summed E-state index contributed by atoms with van der Waals surface area (Å²) in [7, 11) is 1.42. The normalized spacial score (nSPS) is 18.1. The molecule has 0 aliphatic carbocycles. The number of aromatic nitrogens is 2. The first-order valence-electron chi connectivity index (χ1n) is 10.4. The molecule has 0 saturated carbocycles. The van der Waals surface area contributed by atoms with Crippen molar-refractivity contribution < 1.29 is 9.53 Å². The second-order valence-electron chi connectivity index (χ2n) is 7.57. The average Bonchev–Trinajstić information content (AvgIpc) is 3.34. The molecule has 1 fully saturated rings. The lowest BCUT2D eigenvalue weighted by Crippen LogP contribution is -2.31. The van der Waals surface area contributed by atoms with Gasteiger partial charge in [0, 0.05) is 36.2 Å². The number of para-hydroxylation sites is 1. The zero-order chi connectivity index (χ0) is 21.8. The summed E-state index contributed by atoms with van der Waals surface area (Å²) in [6.45, 7) is 2.75. The van der Waals surface area contributed by atoms with E-state index in [1.807, 2.05) is 36.4 Å². The molecule has 3 aromatic rings. The fourth-order valence-electron chi connectivity index (χ4n) is 4.18. The SMILES string of the molecule is COC(=O)CCCN1C(=S)N[C@@H](c2ccccn2)[C@H]1c1ccc(C)n1-c1ccccc1. The fraction of sp³-hybridized carbons (Fsp3) is 0.292. The molecule has 0 bridgehead atoms. The van der Waals surface area contributed by atoms with Gasteiger partial charge in [0.05, 0.1) is 24.9 Å². The van der Waals surface area contributed by atoms with Crippen LogP contribution in [0.5, 0.6) is 0 Å². The number of ether oxygens (including phenoxy) is 1. The highest BCUT2D eigenvalue weighted by atomic mass is 32.1. The maximum absolute atomic E-state index is 11.6. The molecular weight excluding hydrogens is 408 g/mol. The van der Waals surface area contributed by atoms with Gasteiger partial charge in [0.15, 0.2) is 5.11 Å². The standard InChI is InChI=1S/C24H26N4O2S/c1-17-13-14-20(28(17)18-9-4-3-5-10-18)23-22(19-11-6-7-15-25-19)26-24(31)27(23)16-8-12-21(29)30-2/h3-7,9-11,13-15,22-23H,8,12,16H2,1-2H3,(H,26,31)/t22-,23+/m0/s1. The third-order valence-corrected chi connectivity index (χ3v) is 5.98. The number of carbonyl (C=O) groups is 1. The highest BCUT2D eigenvalue weighted by Gasteiger charge is 2.41. The number of hydrogen-bond donors (Lipinski definition) is 1. The highest BCUT2D eigenvalue weighted by molar-refractivity contribution is 7.80. The van der Waals surface area contributed by atoms with Crippen LogP contribution in [0.15, 0.2) is 66.9 Å². The molecule has 1 N–H and O–H groups in total. The average molecular weight is 435 g/mol. The van der Waals surface area contributed by atoms with Crippen molar-refractivity contribution in [3.8, 4) is 5.69 Å². The van der Waals surface area contributed by atoms with Crippen LogP contribution in [0.2, 0.25) is 0 Å². The first-order valence-corrected chi connectivity index (χ1v) is 10.8. The van der Waals surface area contributed by atoms with Gasteiger partial charge < -0.3 is 19.5 Å². The molecule has 0 amide bonds. The van der Waals surface area contributed by atoms with Crippen LogP contribution in [0.25, 0.3) is 5.69 Å². The maximum atomic E-state index is 11.6. The summed E-state index contributed by atoms with van der Waals surface area (Å²) in [5.41, 5.74) is 4.31. The largest absolute Gasteiger partial charge is 0.469 e. The molecular formula is C24H26N4O2S. The van der Waals surface area contributed by atoms with Crippen molar-refractivity contribution in [2.24, 2.45) is 0 Å². The van der Waals surface area contributed by atoms with Crippen LogP contribution in [-0.2, 0) is 9.53 Å². The van der Waals surface area contributed by atoms with Gasteiger partial charge in [-0.05, 0) is 62.0 Å². The van der Waals surface area contributed by atoms with Gasteiger partial charge in [0.2, 0.25) is 0 Å². The van der Waals surface area contributed by atoms with E-state index < -0.39 is 0 Å². The van der Waals surface area contributed by atoms with Gasteiger partial charge in [0.1, 0.15) is 0 Å². The smallest absolute Gasteiger partial charge is 0.305 e. The molecule has 160 valence electrons. The summed E-state index contributed by atoms with van der Waals surface area (Å²) in [5.74, 6) is -0.209. The number of thiocarbonyl (C=S) groups is 1. The van der Waals surface area contributed by atoms with Crippen LogP contribution in [0.4, 0.5) is 0 Å². The number of esters is 1. The summed E-state index contributed by atoms with van der Waals surface area (Å²) in [6, 6.07) is 20.4. The van der Waals surface area contributed by atoms with E-state index in [1.54, 1.807) is 6.20 Å². The number of nitrogens with zero attached hydrogens (tertiary/aromatic N) is 3. The molecule has 1 saturated heterocycles. The molecule has 2 atom stereocenters. The predicted octanol–water partition coefficient (Wildman–Crippen LogP) is 4.11. The molecule has 4 rings (SSSR count). The van der Waals surface area contributed by atoms with Crippen molar-refractivity contribution in [3.05, 3.63) is 83.9 Å². The van der Waals surface area contributed by atoms with E-state index in [4.69, 9.17) is 17.0 Å². The Hall–Kier alpha value is -3.19. The number of benzene rings is 1. The summed E-state index contributed by atoms with van der Waals surface area (Å²) in [5, 5.41) is 4.14.